The number of nitrogen functional groups attached to an aromatic ring is 1. The van der Waals surface area contributed by atoms with Gasteiger partial charge in [0.15, 0.2) is 0 Å². The summed E-state index contributed by atoms with van der Waals surface area (Å²) in [6.07, 6.45) is 1.57. The largest absolute Gasteiger partial charge is 0.438 e. The van der Waals surface area contributed by atoms with Crippen LogP contribution < -0.4 is 15.2 Å². The van der Waals surface area contributed by atoms with Crippen LogP contribution >= 0.6 is 0 Å². The summed E-state index contributed by atoms with van der Waals surface area (Å²) in [6.45, 7) is 4.21. The Balaban J connectivity index is 1.78. The number of aromatic nitrogens is 2. The number of benzene rings is 3. The van der Waals surface area contributed by atoms with Crippen LogP contribution in [0.25, 0.3) is 11.1 Å². The third kappa shape index (κ3) is 5.12. The molecule has 168 valence electrons. The zero-order valence-corrected chi connectivity index (χ0v) is 19.1. The number of ether oxygens (including phenoxy) is 1. The molecule has 0 bridgehead atoms. The van der Waals surface area contributed by atoms with Gasteiger partial charge in [0.25, 0.3) is 10.0 Å². The Bertz CT molecular complexity index is 1370. The smallest absolute Gasteiger partial charge is 0.264 e. The molecule has 0 aliphatic rings. The van der Waals surface area contributed by atoms with Crippen molar-refractivity contribution in [3.8, 4) is 22.8 Å². The maximum Gasteiger partial charge on any atom is 0.264 e. The Morgan fingerprint density at radius 3 is 2.36 bits per heavy atom. The fraction of sp³-hybridized carbons (Fsp3) is 0.120. The number of nitrogens with one attached hydrogen (secondary N) is 1. The number of anilines is 2. The molecule has 4 aromatic rings. The standard InChI is InChI=1S/C25H24N4O3S/c1-17(2)21-13-6-7-14-22(21)23-16-27-25(28-24(23)32-19-10-4-3-5-11-19)29-33(30,31)20-12-8-9-18(26)15-20/h3-17H,26H2,1-2H3,(H,27,28,29). The van der Waals surface area contributed by atoms with E-state index < -0.39 is 10.0 Å². The zero-order valence-electron chi connectivity index (χ0n) is 18.3. The van der Waals surface area contributed by atoms with Gasteiger partial charge in [-0.1, -0.05) is 62.4 Å². The van der Waals surface area contributed by atoms with Crippen molar-refractivity contribution in [1.29, 1.82) is 0 Å². The van der Waals surface area contributed by atoms with Crippen LogP contribution in [0.15, 0.2) is 90.0 Å². The van der Waals surface area contributed by atoms with Gasteiger partial charge in [-0.15, -0.1) is 0 Å². The lowest BCUT2D eigenvalue weighted by molar-refractivity contribution is 0.464. The van der Waals surface area contributed by atoms with Gasteiger partial charge in [0, 0.05) is 11.9 Å². The van der Waals surface area contributed by atoms with Crippen molar-refractivity contribution in [2.75, 3.05) is 10.5 Å². The third-order valence-electron chi connectivity index (χ3n) is 4.98. The van der Waals surface area contributed by atoms with Crippen LogP contribution in [0.4, 0.5) is 11.6 Å². The number of para-hydroxylation sites is 1. The summed E-state index contributed by atoms with van der Waals surface area (Å²) in [7, 11) is -3.94. The molecule has 0 unspecified atom stereocenters. The second-order valence-electron chi connectivity index (χ2n) is 7.75. The predicted octanol–water partition coefficient (Wildman–Crippen LogP) is 5.44. The first-order valence-corrected chi connectivity index (χ1v) is 11.9. The molecule has 0 radical (unpaired) electrons. The molecule has 0 saturated heterocycles. The van der Waals surface area contributed by atoms with Gasteiger partial charge in [-0.3, -0.25) is 0 Å². The molecule has 7 nitrogen and oxygen atoms in total. The molecule has 0 atom stereocenters. The number of rotatable bonds is 7. The predicted molar refractivity (Wildman–Crippen MR) is 130 cm³/mol. The number of nitrogens with zero attached hydrogens (tertiary/aromatic N) is 2. The van der Waals surface area contributed by atoms with Crippen LogP contribution in [-0.2, 0) is 10.0 Å². The quantitative estimate of drug-likeness (QED) is 0.356. The van der Waals surface area contributed by atoms with E-state index in [9.17, 15) is 8.42 Å². The number of sulfonamides is 1. The minimum absolute atomic E-state index is 0.0193. The van der Waals surface area contributed by atoms with Crippen molar-refractivity contribution in [2.45, 2.75) is 24.7 Å². The van der Waals surface area contributed by atoms with E-state index in [4.69, 9.17) is 10.5 Å². The first-order chi connectivity index (χ1) is 15.8. The van der Waals surface area contributed by atoms with E-state index in [0.717, 1.165) is 11.1 Å². The molecule has 0 aliphatic heterocycles. The summed E-state index contributed by atoms with van der Waals surface area (Å²) in [5, 5.41) is 0. The highest BCUT2D eigenvalue weighted by molar-refractivity contribution is 7.92. The fourth-order valence-electron chi connectivity index (χ4n) is 3.38. The average molecular weight is 461 g/mol. The van der Waals surface area contributed by atoms with E-state index in [2.05, 4.69) is 28.5 Å². The average Bonchev–Trinajstić information content (AvgIpc) is 2.80. The molecule has 0 amide bonds. The molecule has 3 aromatic carbocycles. The minimum Gasteiger partial charge on any atom is -0.438 e. The highest BCUT2D eigenvalue weighted by Gasteiger charge is 2.20. The van der Waals surface area contributed by atoms with Crippen molar-refractivity contribution in [2.24, 2.45) is 0 Å². The Labute approximate surface area is 193 Å². The molecule has 33 heavy (non-hydrogen) atoms. The van der Waals surface area contributed by atoms with Crippen LogP contribution in [0.2, 0.25) is 0 Å². The number of nitrogens with two attached hydrogens (primary N) is 1. The normalized spacial score (nSPS) is 11.4. The summed E-state index contributed by atoms with van der Waals surface area (Å²) in [5.74, 6) is 0.973. The molecular formula is C25H24N4O3S. The Morgan fingerprint density at radius 2 is 1.64 bits per heavy atom. The van der Waals surface area contributed by atoms with Crippen molar-refractivity contribution in [3.63, 3.8) is 0 Å². The van der Waals surface area contributed by atoms with Crippen LogP contribution in [0.5, 0.6) is 11.6 Å². The first kappa shape index (κ1) is 22.3. The molecule has 8 heteroatoms. The lowest BCUT2D eigenvalue weighted by atomic mass is 9.94. The molecule has 4 rings (SSSR count). The number of hydrogen-bond donors (Lipinski definition) is 2. The molecule has 1 aromatic heterocycles. The highest BCUT2D eigenvalue weighted by Crippen LogP contribution is 2.36. The first-order valence-electron chi connectivity index (χ1n) is 10.4. The maximum absolute atomic E-state index is 12.8. The van der Waals surface area contributed by atoms with Crippen molar-refractivity contribution in [3.05, 3.63) is 90.6 Å². The molecule has 0 aliphatic carbocycles. The zero-order chi connectivity index (χ0) is 23.4. The van der Waals surface area contributed by atoms with Gasteiger partial charge in [-0.2, -0.15) is 4.98 Å². The Kier molecular flexibility index (Phi) is 6.28. The van der Waals surface area contributed by atoms with E-state index in [0.29, 0.717) is 17.0 Å². The summed E-state index contributed by atoms with van der Waals surface area (Å²) in [4.78, 5) is 8.72. The Morgan fingerprint density at radius 1 is 0.909 bits per heavy atom. The lowest BCUT2D eigenvalue weighted by Crippen LogP contribution is -2.15. The topological polar surface area (TPSA) is 107 Å². The van der Waals surface area contributed by atoms with E-state index >= 15 is 0 Å². The second-order valence-corrected chi connectivity index (χ2v) is 9.43. The minimum atomic E-state index is -3.94. The molecular weight excluding hydrogens is 436 g/mol. The van der Waals surface area contributed by atoms with Crippen LogP contribution in [0, 0.1) is 0 Å². The van der Waals surface area contributed by atoms with E-state index in [1.165, 1.54) is 12.1 Å². The van der Waals surface area contributed by atoms with Gasteiger partial charge >= 0.3 is 0 Å². The molecule has 0 saturated carbocycles. The fourth-order valence-corrected chi connectivity index (χ4v) is 4.39. The third-order valence-corrected chi connectivity index (χ3v) is 6.30. The van der Waals surface area contributed by atoms with Crippen LogP contribution in [0.3, 0.4) is 0 Å². The van der Waals surface area contributed by atoms with Crippen molar-refractivity contribution >= 4 is 21.7 Å². The summed E-state index contributed by atoms with van der Waals surface area (Å²) in [6, 6.07) is 23.1. The second kappa shape index (κ2) is 9.30. The van der Waals surface area contributed by atoms with E-state index in [1.54, 1.807) is 30.5 Å². The Hall–Kier alpha value is -3.91. The SMILES string of the molecule is CC(C)c1ccccc1-c1cnc(NS(=O)(=O)c2cccc(N)c2)nc1Oc1ccccc1. The summed E-state index contributed by atoms with van der Waals surface area (Å²) in [5.41, 5.74) is 8.76. The summed E-state index contributed by atoms with van der Waals surface area (Å²) < 4.78 is 34.2. The van der Waals surface area contributed by atoms with Gasteiger partial charge in [0.05, 0.1) is 10.5 Å². The van der Waals surface area contributed by atoms with Crippen molar-refractivity contribution in [1.82, 2.24) is 9.97 Å². The molecule has 1 heterocycles. The molecule has 3 N–H and O–H groups in total. The van der Waals surface area contributed by atoms with E-state index in [-0.39, 0.29) is 22.6 Å². The van der Waals surface area contributed by atoms with Gasteiger partial charge < -0.3 is 10.5 Å². The monoisotopic (exact) mass is 460 g/mol. The van der Waals surface area contributed by atoms with Crippen LogP contribution in [0.1, 0.15) is 25.3 Å². The van der Waals surface area contributed by atoms with E-state index in [1.807, 2.05) is 42.5 Å². The van der Waals surface area contributed by atoms with Crippen molar-refractivity contribution < 1.29 is 13.2 Å². The summed E-state index contributed by atoms with van der Waals surface area (Å²) >= 11 is 0. The highest BCUT2D eigenvalue weighted by atomic mass is 32.2. The van der Waals surface area contributed by atoms with Gasteiger partial charge in [-0.25, -0.2) is 18.1 Å². The van der Waals surface area contributed by atoms with Gasteiger partial charge in [-0.05, 0) is 47.4 Å². The number of hydrogen-bond acceptors (Lipinski definition) is 6. The molecule has 0 fully saturated rings. The molecule has 0 spiro atoms. The van der Waals surface area contributed by atoms with Crippen LogP contribution in [-0.4, -0.2) is 18.4 Å². The van der Waals surface area contributed by atoms with Gasteiger partial charge in [0.2, 0.25) is 11.8 Å². The lowest BCUT2D eigenvalue weighted by Gasteiger charge is -2.16. The maximum atomic E-state index is 12.8. The van der Waals surface area contributed by atoms with Gasteiger partial charge in [0.1, 0.15) is 5.75 Å².